The lowest BCUT2D eigenvalue weighted by Gasteiger charge is -2.34. The molecule has 2 heterocycles. The van der Waals surface area contributed by atoms with Crippen LogP contribution in [0.25, 0.3) is 0 Å². The number of hydrogen-bond donors (Lipinski definition) is 3. The molecule has 0 radical (unpaired) electrons. The van der Waals surface area contributed by atoms with E-state index in [4.69, 9.17) is 16.6 Å². The van der Waals surface area contributed by atoms with E-state index in [1.165, 1.54) is 6.42 Å². The monoisotopic (exact) mass is 252 g/mol. The van der Waals surface area contributed by atoms with Crippen LogP contribution < -0.4 is 11.5 Å². The largest absolute Gasteiger partial charge is 0.396 e. The molecule has 1 aromatic heterocycles. The van der Waals surface area contributed by atoms with Crippen LogP contribution in [-0.2, 0) is 6.54 Å². The summed E-state index contributed by atoms with van der Waals surface area (Å²) >= 11 is 0. The van der Waals surface area contributed by atoms with Crippen molar-refractivity contribution in [2.45, 2.75) is 38.3 Å². The van der Waals surface area contributed by atoms with E-state index >= 15 is 0 Å². The highest BCUT2D eigenvalue weighted by molar-refractivity contribution is 5.25. The van der Waals surface area contributed by atoms with E-state index in [1.807, 2.05) is 0 Å². The first-order valence-corrected chi connectivity index (χ1v) is 6.30. The number of piperidine rings is 1. The van der Waals surface area contributed by atoms with Gasteiger partial charge in [0.1, 0.15) is 5.82 Å². The summed E-state index contributed by atoms with van der Waals surface area (Å²) in [4.78, 5) is 14.2. The fourth-order valence-electron chi connectivity index (χ4n) is 2.45. The van der Waals surface area contributed by atoms with Crippen molar-refractivity contribution in [1.29, 1.82) is 0 Å². The number of hydrogen-bond acceptors (Lipinski definition) is 7. The van der Waals surface area contributed by atoms with Crippen LogP contribution in [0, 0.1) is 0 Å². The number of rotatable bonds is 4. The smallest absolute Gasteiger partial charge is 0.225 e. The summed E-state index contributed by atoms with van der Waals surface area (Å²) in [6, 6.07) is 0.392. The Bertz CT molecular complexity index is 377. The number of aromatic nitrogens is 3. The molecule has 1 aromatic rings. The van der Waals surface area contributed by atoms with Crippen LogP contribution in [-0.4, -0.2) is 44.2 Å². The van der Waals surface area contributed by atoms with Crippen molar-refractivity contribution in [3.63, 3.8) is 0 Å². The lowest BCUT2D eigenvalue weighted by atomic mass is 10.00. The van der Waals surface area contributed by atoms with Crippen molar-refractivity contribution < 1.29 is 5.11 Å². The molecule has 0 spiro atoms. The molecule has 0 aromatic carbocycles. The third-order valence-corrected chi connectivity index (χ3v) is 3.27. The van der Waals surface area contributed by atoms with E-state index in [0.717, 1.165) is 25.8 Å². The maximum absolute atomic E-state index is 9.08. The van der Waals surface area contributed by atoms with Crippen molar-refractivity contribution in [3.8, 4) is 0 Å². The minimum absolute atomic E-state index is 0.160. The number of nitrogens with two attached hydrogens (primary N) is 2. The van der Waals surface area contributed by atoms with Crippen molar-refractivity contribution in [3.05, 3.63) is 5.82 Å². The van der Waals surface area contributed by atoms with Crippen LogP contribution in [0.1, 0.15) is 31.5 Å². The molecule has 100 valence electrons. The van der Waals surface area contributed by atoms with Crippen molar-refractivity contribution in [2.75, 3.05) is 24.6 Å². The van der Waals surface area contributed by atoms with E-state index < -0.39 is 0 Å². The molecule has 0 saturated carbocycles. The van der Waals surface area contributed by atoms with E-state index in [2.05, 4.69) is 19.9 Å². The van der Waals surface area contributed by atoms with Crippen LogP contribution in [0.3, 0.4) is 0 Å². The average molecular weight is 252 g/mol. The van der Waals surface area contributed by atoms with Crippen LogP contribution in [0.2, 0.25) is 0 Å². The van der Waals surface area contributed by atoms with Crippen molar-refractivity contribution >= 4 is 11.9 Å². The Morgan fingerprint density at radius 2 is 1.89 bits per heavy atom. The van der Waals surface area contributed by atoms with Gasteiger partial charge in [0, 0.05) is 12.6 Å². The van der Waals surface area contributed by atoms with Crippen LogP contribution in [0.4, 0.5) is 11.9 Å². The molecule has 0 bridgehead atoms. The molecule has 7 heteroatoms. The molecule has 1 saturated heterocycles. The van der Waals surface area contributed by atoms with Gasteiger partial charge < -0.3 is 16.6 Å². The second kappa shape index (κ2) is 5.92. The first kappa shape index (κ1) is 13.0. The topological polar surface area (TPSA) is 114 Å². The summed E-state index contributed by atoms with van der Waals surface area (Å²) in [5.41, 5.74) is 11.1. The zero-order valence-corrected chi connectivity index (χ0v) is 10.4. The van der Waals surface area contributed by atoms with Gasteiger partial charge in [-0.1, -0.05) is 6.42 Å². The molecular weight excluding hydrogens is 232 g/mol. The first-order chi connectivity index (χ1) is 8.69. The standard InChI is InChI=1S/C11H20N6O/c12-10-14-9(15-11(13)16-10)7-17-5-2-1-3-8(17)4-6-18/h8,18H,1-7H2,(H4,12,13,14,15,16). The van der Waals surface area contributed by atoms with Gasteiger partial charge >= 0.3 is 0 Å². The molecular formula is C11H20N6O. The van der Waals surface area contributed by atoms with E-state index in [0.29, 0.717) is 18.4 Å². The summed E-state index contributed by atoms with van der Waals surface area (Å²) in [6.07, 6.45) is 4.27. The number of aliphatic hydroxyl groups is 1. The second-order valence-electron chi connectivity index (χ2n) is 4.60. The van der Waals surface area contributed by atoms with Gasteiger partial charge in [-0.3, -0.25) is 4.90 Å². The number of nitrogen functional groups attached to an aromatic ring is 2. The molecule has 7 nitrogen and oxygen atoms in total. The third kappa shape index (κ3) is 3.27. The van der Waals surface area contributed by atoms with Gasteiger partial charge in [-0.25, -0.2) is 0 Å². The van der Waals surface area contributed by atoms with E-state index in [-0.39, 0.29) is 18.5 Å². The van der Waals surface area contributed by atoms with Gasteiger partial charge in [0.05, 0.1) is 6.54 Å². The summed E-state index contributed by atoms with van der Waals surface area (Å²) in [5, 5.41) is 9.08. The Morgan fingerprint density at radius 3 is 2.56 bits per heavy atom. The van der Waals surface area contributed by atoms with Gasteiger partial charge in [-0.05, 0) is 25.8 Å². The highest BCUT2D eigenvalue weighted by Gasteiger charge is 2.22. The highest BCUT2D eigenvalue weighted by atomic mass is 16.3. The summed E-state index contributed by atoms with van der Waals surface area (Å²) in [5.74, 6) is 0.922. The molecule has 18 heavy (non-hydrogen) atoms. The van der Waals surface area contributed by atoms with Crippen molar-refractivity contribution in [1.82, 2.24) is 19.9 Å². The second-order valence-corrected chi connectivity index (χ2v) is 4.60. The van der Waals surface area contributed by atoms with Crippen LogP contribution >= 0.6 is 0 Å². The average Bonchev–Trinajstić information content (AvgIpc) is 2.30. The highest BCUT2D eigenvalue weighted by Crippen LogP contribution is 2.21. The Hall–Kier alpha value is -1.47. The fraction of sp³-hybridized carbons (Fsp3) is 0.727. The third-order valence-electron chi connectivity index (χ3n) is 3.27. The Balaban J connectivity index is 2.05. The SMILES string of the molecule is Nc1nc(N)nc(CN2CCCCC2CCO)n1. The maximum Gasteiger partial charge on any atom is 0.225 e. The van der Waals surface area contributed by atoms with Gasteiger partial charge in [-0.2, -0.15) is 15.0 Å². The van der Waals surface area contributed by atoms with Gasteiger partial charge in [-0.15, -0.1) is 0 Å². The molecule has 1 fully saturated rings. The van der Waals surface area contributed by atoms with Crippen LogP contribution in [0.15, 0.2) is 0 Å². The van der Waals surface area contributed by atoms with Crippen LogP contribution in [0.5, 0.6) is 0 Å². The van der Waals surface area contributed by atoms with E-state index in [1.54, 1.807) is 0 Å². The molecule has 5 N–H and O–H groups in total. The lowest BCUT2D eigenvalue weighted by molar-refractivity contribution is 0.110. The fourth-order valence-corrected chi connectivity index (χ4v) is 2.45. The number of anilines is 2. The zero-order chi connectivity index (χ0) is 13.0. The minimum atomic E-state index is 0.160. The molecule has 1 aliphatic heterocycles. The number of nitrogens with zero attached hydrogens (tertiary/aromatic N) is 4. The predicted molar refractivity (Wildman–Crippen MR) is 68.4 cm³/mol. The first-order valence-electron chi connectivity index (χ1n) is 6.30. The molecule has 1 unspecified atom stereocenters. The molecule has 0 amide bonds. The molecule has 1 aliphatic rings. The Labute approximate surface area is 106 Å². The van der Waals surface area contributed by atoms with E-state index in [9.17, 15) is 0 Å². The van der Waals surface area contributed by atoms with Gasteiger partial charge in [0.15, 0.2) is 0 Å². The molecule has 1 atom stereocenters. The Kier molecular flexibility index (Phi) is 4.27. The van der Waals surface area contributed by atoms with Crippen molar-refractivity contribution in [2.24, 2.45) is 0 Å². The zero-order valence-electron chi connectivity index (χ0n) is 10.4. The normalized spacial score (nSPS) is 21.1. The summed E-state index contributed by atoms with van der Waals surface area (Å²) in [6.45, 7) is 1.82. The molecule has 2 rings (SSSR count). The number of aliphatic hydroxyl groups excluding tert-OH is 1. The summed E-state index contributed by atoms with van der Waals surface area (Å²) in [7, 11) is 0. The predicted octanol–water partition coefficient (Wildman–Crippen LogP) is -0.227. The lowest BCUT2D eigenvalue weighted by Crippen LogP contribution is -2.40. The maximum atomic E-state index is 9.08. The quantitative estimate of drug-likeness (QED) is 0.678. The van der Waals surface area contributed by atoms with Gasteiger partial charge in [0.2, 0.25) is 11.9 Å². The minimum Gasteiger partial charge on any atom is -0.396 e. The molecule has 0 aliphatic carbocycles. The van der Waals surface area contributed by atoms with Gasteiger partial charge in [0.25, 0.3) is 0 Å². The number of likely N-dealkylation sites (tertiary alicyclic amines) is 1. The summed E-state index contributed by atoms with van der Waals surface area (Å²) < 4.78 is 0. The Morgan fingerprint density at radius 1 is 1.17 bits per heavy atom.